The molecular weight excluding hydrogens is 292 g/mol. The van der Waals surface area contributed by atoms with E-state index in [4.69, 9.17) is 0 Å². The zero-order valence-corrected chi connectivity index (χ0v) is 13.9. The first-order chi connectivity index (χ1) is 9.20. The van der Waals surface area contributed by atoms with Crippen LogP contribution in [0.2, 0.25) is 0 Å². The largest absolute Gasteiger partial charge is 0.477 e. The fourth-order valence-electron chi connectivity index (χ4n) is 1.70. The zero-order chi connectivity index (χ0) is 15.1. The predicted octanol–water partition coefficient (Wildman–Crippen LogP) is 4.39. The predicted molar refractivity (Wildman–Crippen MR) is 83.0 cm³/mol. The fourth-order valence-corrected chi connectivity index (χ4v) is 3.69. The third-order valence-corrected chi connectivity index (χ3v) is 5.11. The molecule has 108 valence electrons. The molecule has 2 aromatic heterocycles. The Morgan fingerprint density at radius 1 is 1.30 bits per heavy atom. The molecule has 0 unspecified atom stereocenters. The average molecular weight is 310 g/mol. The summed E-state index contributed by atoms with van der Waals surface area (Å²) in [4.78, 5) is 20.7. The Balaban J connectivity index is 2.46. The smallest absolute Gasteiger partial charge is 0.347 e. The standard InChI is InChI=1S/C14H18N2O2S2/c1-7(2)9-10(12(17)18)20-11(16-9)8-6-19-13(15-8)14(3,4)5/h6-7H,1-5H3,(H,17,18). The van der Waals surface area contributed by atoms with Gasteiger partial charge in [-0.15, -0.1) is 22.7 Å². The molecule has 0 fully saturated rings. The van der Waals surface area contributed by atoms with Gasteiger partial charge in [0.1, 0.15) is 15.6 Å². The van der Waals surface area contributed by atoms with E-state index in [-0.39, 0.29) is 11.3 Å². The minimum atomic E-state index is -0.913. The highest BCUT2D eigenvalue weighted by atomic mass is 32.1. The van der Waals surface area contributed by atoms with Crippen molar-refractivity contribution in [2.45, 2.75) is 46.0 Å². The van der Waals surface area contributed by atoms with Crippen molar-refractivity contribution in [3.8, 4) is 10.7 Å². The van der Waals surface area contributed by atoms with Crippen molar-refractivity contribution in [2.75, 3.05) is 0 Å². The molecule has 0 aliphatic rings. The van der Waals surface area contributed by atoms with Crippen LogP contribution in [-0.2, 0) is 5.41 Å². The Bertz CT molecular complexity index is 636. The summed E-state index contributed by atoms with van der Waals surface area (Å²) >= 11 is 2.80. The van der Waals surface area contributed by atoms with Crippen LogP contribution in [0, 0.1) is 0 Å². The Labute approximate surface area is 126 Å². The van der Waals surface area contributed by atoms with E-state index in [9.17, 15) is 9.90 Å². The van der Waals surface area contributed by atoms with Gasteiger partial charge in [0.05, 0.1) is 10.7 Å². The van der Waals surface area contributed by atoms with Gasteiger partial charge >= 0.3 is 5.97 Å². The minimum absolute atomic E-state index is 0.00329. The molecule has 2 aromatic rings. The van der Waals surface area contributed by atoms with Crippen LogP contribution in [0.3, 0.4) is 0 Å². The van der Waals surface area contributed by atoms with E-state index in [1.54, 1.807) is 11.3 Å². The molecule has 0 atom stereocenters. The highest BCUT2D eigenvalue weighted by Crippen LogP contribution is 2.34. The lowest BCUT2D eigenvalue weighted by Gasteiger charge is -2.13. The molecule has 6 heteroatoms. The van der Waals surface area contributed by atoms with Crippen molar-refractivity contribution in [3.63, 3.8) is 0 Å². The Morgan fingerprint density at radius 3 is 2.35 bits per heavy atom. The molecule has 0 spiro atoms. The molecule has 0 aliphatic carbocycles. The summed E-state index contributed by atoms with van der Waals surface area (Å²) in [6.07, 6.45) is 0. The summed E-state index contributed by atoms with van der Waals surface area (Å²) in [7, 11) is 0. The minimum Gasteiger partial charge on any atom is -0.477 e. The molecule has 2 heterocycles. The van der Waals surface area contributed by atoms with E-state index < -0.39 is 5.97 Å². The first-order valence-electron chi connectivity index (χ1n) is 6.40. The van der Waals surface area contributed by atoms with Crippen molar-refractivity contribution in [1.82, 2.24) is 9.97 Å². The number of rotatable bonds is 3. The fraction of sp³-hybridized carbons (Fsp3) is 0.500. The van der Waals surface area contributed by atoms with Crippen LogP contribution in [0.4, 0.5) is 0 Å². The first kappa shape index (κ1) is 15.1. The van der Waals surface area contributed by atoms with Gasteiger partial charge < -0.3 is 5.11 Å². The third-order valence-electron chi connectivity index (χ3n) is 2.76. The summed E-state index contributed by atoms with van der Waals surface area (Å²) in [6, 6.07) is 0. The molecule has 0 amide bonds. The van der Waals surface area contributed by atoms with Gasteiger partial charge in [0.15, 0.2) is 0 Å². The topological polar surface area (TPSA) is 63.1 Å². The van der Waals surface area contributed by atoms with Crippen molar-refractivity contribution >= 4 is 28.6 Å². The molecule has 0 saturated carbocycles. The summed E-state index contributed by atoms with van der Waals surface area (Å²) in [5.74, 6) is -0.824. The number of carbonyl (C=O) groups is 1. The zero-order valence-electron chi connectivity index (χ0n) is 12.2. The average Bonchev–Trinajstić information content (AvgIpc) is 2.94. The summed E-state index contributed by atoms with van der Waals surface area (Å²) in [6.45, 7) is 10.2. The lowest BCUT2D eigenvalue weighted by molar-refractivity contribution is 0.0700. The maximum atomic E-state index is 11.3. The van der Waals surface area contributed by atoms with Gasteiger partial charge in [0.25, 0.3) is 0 Å². The number of aromatic carboxylic acids is 1. The molecule has 0 saturated heterocycles. The van der Waals surface area contributed by atoms with Crippen LogP contribution < -0.4 is 0 Å². The van der Waals surface area contributed by atoms with E-state index in [1.165, 1.54) is 11.3 Å². The second-order valence-electron chi connectivity index (χ2n) is 5.98. The van der Waals surface area contributed by atoms with Crippen molar-refractivity contribution in [2.24, 2.45) is 0 Å². The maximum Gasteiger partial charge on any atom is 0.347 e. The highest BCUT2D eigenvalue weighted by Gasteiger charge is 2.23. The maximum absolute atomic E-state index is 11.3. The molecule has 20 heavy (non-hydrogen) atoms. The number of aromatic nitrogens is 2. The van der Waals surface area contributed by atoms with E-state index in [1.807, 2.05) is 19.2 Å². The van der Waals surface area contributed by atoms with Gasteiger partial charge in [-0.3, -0.25) is 0 Å². The van der Waals surface area contributed by atoms with Crippen molar-refractivity contribution < 1.29 is 9.90 Å². The van der Waals surface area contributed by atoms with Gasteiger partial charge in [-0.1, -0.05) is 34.6 Å². The van der Waals surface area contributed by atoms with Crippen LogP contribution in [0.5, 0.6) is 0 Å². The van der Waals surface area contributed by atoms with Gasteiger partial charge in [-0.05, 0) is 5.92 Å². The number of hydrogen-bond donors (Lipinski definition) is 1. The van der Waals surface area contributed by atoms with Crippen LogP contribution in [0.25, 0.3) is 10.7 Å². The second kappa shape index (κ2) is 5.26. The SMILES string of the molecule is CC(C)c1nc(-c2csc(C(C)(C)C)n2)sc1C(=O)O. The highest BCUT2D eigenvalue weighted by molar-refractivity contribution is 7.17. The second-order valence-corrected chi connectivity index (χ2v) is 7.84. The number of thiazole rings is 2. The normalized spacial score (nSPS) is 12.1. The first-order valence-corrected chi connectivity index (χ1v) is 8.10. The monoisotopic (exact) mass is 310 g/mol. The molecule has 0 aliphatic heterocycles. The molecule has 0 bridgehead atoms. The Hall–Kier alpha value is -1.27. The Kier molecular flexibility index (Phi) is 3.97. The number of hydrogen-bond acceptors (Lipinski definition) is 5. The van der Waals surface area contributed by atoms with Crippen LogP contribution in [0.15, 0.2) is 5.38 Å². The summed E-state index contributed by atoms with van der Waals surface area (Å²) < 4.78 is 0. The van der Waals surface area contributed by atoms with Gasteiger partial charge in [0, 0.05) is 10.8 Å². The lowest BCUT2D eigenvalue weighted by atomic mass is 9.98. The van der Waals surface area contributed by atoms with Gasteiger partial charge in [-0.2, -0.15) is 0 Å². The van der Waals surface area contributed by atoms with Gasteiger partial charge in [0.2, 0.25) is 0 Å². The molecule has 0 aromatic carbocycles. The van der Waals surface area contributed by atoms with Crippen molar-refractivity contribution in [3.05, 3.63) is 21.0 Å². The van der Waals surface area contributed by atoms with E-state index >= 15 is 0 Å². The third kappa shape index (κ3) is 2.91. The number of carboxylic acid groups (broad SMARTS) is 1. The summed E-state index contributed by atoms with van der Waals surface area (Å²) in [5.41, 5.74) is 1.42. The van der Waals surface area contributed by atoms with E-state index in [0.717, 1.165) is 10.7 Å². The summed E-state index contributed by atoms with van der Waals surface area (Å²) in [5, 5.41) is 12.9. The van der Waals surface area contributed by atoms with E-state index in [0.29, 0.717) is 15.6 Å². The molecule has 0 radical (unpaired) electrons. The lowest BCUT2D eigenvalue weighted by Crippen LogP contribution is -2.10. The molecular formula is C14H18N2O2S2. The number of carboxylic acids is 1. The van der Waals surface area contributed by atoms with Crippen LogP contribution in [0.1, 0.15) is 60.9 Å². The van der Waals surface area contributed by atoms with Crippen molar-refractivity contribution in [1.29, 1.82) is 0 Å². The molecule has 1 N–H and O–H groups in total. The quantitative estimate of drug-likeness (QED) is 0.913. The number of nitrogens with zero attached hydrogens (tertiary/aromatic N) is 2. The van der Waals surface area contributed by atoms with Crippen LogP contribution >= 0.6 is 22.7 Å². The molecule has 4 nitrogen and oxygen atoms in total. The Morgan fingerprint density at radius 2 is 1.95 bits per heavy atom. The van der Waals surface area contributed by atoms with Crippen LogP contribution in [-0.4, -0.2) is 21.0 Å². The molecule has 2 rings (SSSR count). The van der Waals surface area contributed by atoms with Gasteiger partial charge in [-0.25, -0.2) is 14.8 Å². The van der Waals surface area contributed by atoms with E-state index in [2.05, 4.69) is 30.7 Å².